The van der Waals surface area contributed by atoms with Crippen LogP contribution in [0.1, 0.15) is 31.9 Å². The molecule has 3 heterocycles. The summed E-state index contributed by atoms with van der Waals surface area (Å²) in [5.41, 5.74) is 0.854. The molecule has 2 amide bonds. The van der Waals surface area contributed by atoms with E-state index in [4.69, 9.17) is 27.9 Å². The number of nitrogens with zero attached hydrogens (tertiary/aromatic N) is 6. The molecular formula is C24H27Cl2N7O3. The molecule has 10 nitrogen and oxygen atoms in total. The van der Waals surface area contributed by atoms with Crippen molar-refractivity contribution in [2.45, 2.75) is 32.4 Å². The molecule has 1 aromatic carbocycles. The Bertz CT molecular complexity index is 1240. The number of imidazole rings is 1. The molecule has 1 saturated heterocycles. The molecule has 2 atom stereocenters. The summed E-state index contributed by atoms with van der Waals surface area (Å²) in [6, 6.07) is 6.49. The Hall–Kier alpha value is -3.37. The first kappa shape index (κ1) is 25.7. The van der Waals surface area contributed by atoms with E-state index in [9.17, 15) is 9.59 Å². The van der Waals surface area contributed by atoms with Gasteiger partial charge in [0.2, 0.25) is 17.8 Å². The van der Waals surface area contributed by atoms with Gasteiger partial charge in [0.1, 0.15) is 23.0 Å². The van der Waals surface area contributed by atoms with Crippen molar-refractivity contribution >= 4 is 40.8 Å². The minimum atomic E-state index is -0.309. The van der Waals surface area contributed by atoms with E-state index in [1.165, 1.54) is 6.92 Å². The fraction of sp³-hybridized carbons (Fsp3) is 0.375. The number of rotatable bonds is 7. The van der Waals surface area contributed by atoms with E-state index in [-0.39, 0.29) is 35.5 Å². The highest BCUT2D eigenvalue weighted by molar-refractivity contribution is 6.32. The summed E-state index contributed by atoms with van der Waals surface area (Å²) in [6.45, 7) is 4.81. The second-order valence-electron chi connectivity index (χ2n) is 8.52. The third-order valence-corrected chi connectivity index (χ3v) is 6.59. The average molecular weight is 532 g/mol. The van der Waals surface area contributed by atoms with Crippen LogP contribution in [0.3, 0.4) is 0 Å². The van der Waals surface area contributed by atoms with Gasteiger partial charge in [-0.05, 0) is 24.6 Å². The van der Waals surface area contributed by atoms with Gasteiger partial charge >= 0.3 is 0 Å². The van der Waals surface area contributed by atoms with Crippen molar-refractivity contribution in [2.75, 3.05) is 31.6 Å². The Balaban J connectivity index is 1.53. The molecule has 3 aromatic rings. The van der Waals surface area contributed by atoms with Gasteiger partial charge in [0.25, 0.3) is 0 Å². The summed E-state index contributed by atoms with van der Waals surface area (Å²) in [5, 5.41) is 3.77. The van der Waals surface area contributed by atoms with Crippen LogP contribution in [0, 0.1) is 0 Å². The number of halogens is 2. The van der Waals surface area contributed by atoms with Crippen molar-refractivity contribution in [1.82, 2.24) is 29.7 Å². The lowest BCUT2D eigenvalue weighted by Crippen LogP contribution is -2.56. The van der Waals surface area contributed by atoms with E-state index in [1.54, 1.807) is 53.5 Å². The number of carbonyl (C=O) groups is 2. The van der Waals surface area contributed by atoms with Gasteiger partial charge < -0.3 is 19.9 Å². The number of methoxy groups -OCH3 is 1. The summed E-state index contributed by atoms with van der Waals surface area (Å²) >= 11 is 12.6. The number of piperazine rings is 1. The third kappa shape index (κ3) is 5.88. The van der Waals surface area contributed by atoms with Gasteiger partial charge in [-0.3, -0.25) is 14.2 Å². The van der Waals surface area contributed by atoms with Gasteiger partial charge in [0.15, 0.2) is 0 Å². The Morgan fingerprint density at radius 1 is 1.22 bits per heavy atom. The Kier molecular flexibility index (Phi) is 7.95. The molecule has 0 spiro atoms. The summed E-state index contributed by atoms with van der Waals surface area (Å²) < 4.78 is 6.86. The molecule has 1 aliphatic heterocycles. The van der Waals surface area contributed by atoms with Crippen molar-refractivity contribution < 1.29 is 14.3 Å². The molecule has 12 heteroatoms. The maximum absolute atomic E-state index is 13.1. The number of anilines is 1. The van der Waals surface area contributed by atoms with Gasteiger partial charge in [-0.1, -0.05) is 29.3 Å². The largest absolute Gasteiger partial charge is 0.495 e. The number of amides is 2. The van der Waals surface area contributed by atoms with Crippen LogP contribution in [0.2, 0.25) is 10.2 Å². The van der Waals surface area contributed by atoms with Crippen molar-refractivity contribution in [1.29, 1.82) is 0 Å². The van der Waals surface area contributed by atoms with Gasteiger partial charge in [0, 0.05) is 51.4 Å². The molecule has 4 rings (SSSR count). The van der Waals surface area contributed by atoms with Crippen LogP contribution in [-0.2, 0) is 9.59 Å². The summed E-state index contributed by atoms with van der Waals surface area (Å²) in [5.74, 6) is 1.32. The van der Waals surface area contributed by atoms with Crippen molar-refractivity contribution in [2.24, 2.45) is 0 Å². The molecule has 2 unspecified atom stereocenters. The first-order valence-corrected chi connectivity index (χ1v) is 12.2. The molecule has 1 fully saturated rings. The van der Waals surface area contributed by atoms with Gasteiger partial charge in [-0.25, -0.2) is 9.97 Å². The van der Waals surface area contributed by atoms with Gasteiger partial charge in [-0.15, -0.1) is 0 Å². The average Bonchev–Trinajstić information content (AvgIpc) is 3.38. The molecule has 0 saturated carbocycles. The van der Waals surface area contributed by atoms with Crippen LogP contribution >= 0.6 is 23.2 Å². The van der Waals surface area contributed by atoms with Crippen LogP contribution in [0.4, 0.5) is 5.82 Å². The lowest BCUT2D eigenvalue weighted by molar-refractivity contribution is -0.130. The van der Waals surface area contributed by atoms with Crippen LogP contribution in [0.25, 0.3) is 5.95 Å². The Morgan fingerprint density at radius 3 is 2.69 bits per heavy atom. The van der Waals surface area contributed by atoms with Gasteiger partial charge in [-0.2, -0.15) is 4.98 Å². The smallest absolute Gasteiger partial charge is 0.238 e. The van der Waals surface area contributed by atoms with Crippen LogP contribution < -0.4 is 15.0 Å². The molecule has 0 aliphatic carbocycles. The maximum atomic E-state index is 13.1. The van der Waals surface area contributed by atoms with Crippen LogP contribution in [0.5, 0.6) is 5.75 Å². The normalized spacial score (nSPS) is 16.5. The quantitative estimate of drug-likeness (QED) is 0.466. The number of carbonyl (C=O) groups excluding carboxylic acids is 2. The zero-order chi connectivity index (χ0) is 25.8. The van der Waals surface area contributed by atoms with E-state index in [0.717, 1.165) is 5.56 Å². The first-order valence-electron chi connectivity index (χ1n) is 11.4. The van der Waals surface area contributed by atoms with Crippen LogP contribution in [0.15, 0.2) is 43.0 Å². The van der Waals surface area contributed by atoms with E-state index in [2.05, 4.69) is 20.3 Å². The minimum Gasteiger partial charge on any atom is -0.495 e. The number of ether oxygens (including phenoxy) is 1. The highest BCUT2D eigenvalue weighted by atomic mass is 35.5. The molecule has 190 valence electrons. The minimum absolute atomic E-state index is 0.0406. The zero-order valence-corrected chi connectivity index (χ0v) is 21.7. The van der Waals surface area contributed by atoms with E-state index in [0.29, 0.717) is 42.2 Å². The topological polar surface area (TPSA) is 105 Å². The van der Waals surface area contributed by atoms with Crippen LogP contribution in [-0.4, -0.2) is 69.0 Å². The summed E-state index contributed by atoms with van der Waals surface area (Å²) in [6.07, 6.45) is 5.08. The highest BCUT2D eigenvalue weighted by Gasteiger charge is 2.32. The fourth-order valence-corrected chi connectivity index (χ4v) is 4.64. The fourth-order valence-electron chi connectivity index (χ4n) is 4.20. The standard InChI is InChI=1S/C24H27Cl2N7O3/c1-15(17-4-5-20(36-3)19(25)10-17)28-23(35)11-18-13-31(16(2)34)8-9-33(18)22-12-21(26)29-24(30-22)32-7-6-27-14-32/h4-7,10,12,14-15,18H,8-9,11,13H2,1-3H3,(H,28,35). The Labute approximate surface area is 219 Å². The molecule has 2 aromatic heterocycles. The molecule has 1 aliphatic rings. The molecule has 36 heavy (non-hydrogen) atoms. The Morgan fingerprint density at radius 2 is 2.03 bits per heavy atom. The first-order chi connectivity index (χ1) is 17.2. The number of benzene rings is 1. The SMILES string of the molecule is COc1ccc(C(C)NC(=O)CC2CN(C(C)=O)CCN2c2cc(Cl)nc(-n3ccnc3)n2)cc1Cl. The third-order valence-electron chi connectivity index (χ3n) is 6.10. The van der Waals surface area contributed by atoms with E-state index >= 15 is 0 Å². The number of hydrogen-bond acceptors (Lipinski definition) is 7. The molecular weight excluding hydrogens is 505 g/mol. The zero-order valence-electron chi connectivity index (χ0n) is 20.2. The molecule has 0 radical (unpaired) electrons. The lowest BCUT2D eigenvalue weighted by atomic mass is 10.1. The number of nitrogens with one attached hydrogen (secondary N) is 1. The van der Waals surface area contributed by atoms with E-state index in [1.807, 2.05) is 17.9 Å². The van der Waals surface area contributed by atoms with Crippen molar-refractivity contribution in [3.63, 3.8) is 0 Å². The monoisotopic (exact) mass is 531 g/mol. The second kappa shape index (κ2) is 11.1. The lowest BCUT2D eigenvalue weighted by Gasteiger charge is -2.41. The number of hydrogen-bond donors (Lipinski definition) is 1. The number of aromatic nitrogens is 4. The van der Waals surface area contributed by atoms with Crippen molar-refractivity contribution in [3.8, 4) is 11.7 Å². The second-order valence-corrected chi connectivity index (χ2v) is 9.31. The molecule has 1 N–H and O–H groups in total. The molecule has 0 bridgehead atoms. The van der Waals surface area contributed by atoms with Gasteiger partial charge in [0.05, 0.1) is 24.2 Å². The highest BCUT2D eigenvalue weighted by Crippen LogP contribution is 2.28. The predicted octanol–water partition coefficient (Wildman–Crippen LogP) is 3.28. The maximum Gasteiger partial charge on any atom is 0.238 e. The predicted molar refractivity (Wildman–Crippen MR) is 137 cm³/mol. The summed E-state index contributed by atoms with van der Waals surface area (Å²) in [7, 11) is 1.55. The van der Waals surface area contributed by atoms with E-state index < -0.39 is 0 Å². The van der Waals surface area contributed by atoms with Crippen molar-refractivity contribution in [3.05, 3.63) is 58.7 Å². The summed E-state index contributed by atoms with van der Waals surface area (Å²) in [4.78, 5) is 41.9.